The van der Waals surface area contributed by atoms with Crippen LogP contribution in [0.4, 0.5) is 0 Å². The number of carboxylic acids is 1. The molecule has 0 aliphatic rings. The van der Waals surface area contributed by atoms with Gasteiger partial charge in [0.2, 0.25) is 5.91 Å². The molecule has 0 heterocycles. The molecule has 0 aromatic carbocycles. The molecule has 0 aromatic heterocycles. The standard InChI is InChI=1S/C18H35NO.C5H9NO2/c1-2-3-4-5-6-7-8-9-10-11-12-13-14-15-16-17-18(19)20;1-2-3-6-4-5(7)8/h9-10H,2-8,11-17H2,1H3,(H2,19,20);2,6H,1,3-4H2,(H,7,8)/b10-9-;. The zero-order valence-electron chi connectivity index (χ0n) is 18.1. The van der Waals surface area contributed by atoms with Gasteiger partial charge in [-0.3, -0.25) is 9.59 Å². The number of carbonyl (C=O) groups excluding carboxylic acids is 1. The van der Waals surface area contributed by atoms with Gasteiger partial charge in [-0.15, -0.1) is 6.58 Å². The quantitative estimate of drug-likeness (QED) is 0.202. The minimum atomic E-state index is -0.841. The van der Waals surface area contributed by atoms with Gasteiger partial charge in [0.25, 0.3) is 0 Å². The van der Waals surface area contributed by atoms with Gasteiger partial charge in [-0.05, 0) is 32.1 Å². The van der Waals surface area contributed by atoms with Crippen LogP contribution in [0.1, 0.15) is 96.8 Å². The predicted molar refractivity (Wildman–Crippen MR) is 119 cm³/mol. The number of rotatable bonds is 19. The van der Waals surface area contributed by atoms with Crippen LogP contribution in [0.2, 0.25) is 0 Å². The highest BCUT2D eigenvalue weighted by Crippen LogP contribution is 2.09. The Bertz CT molecular complexity index is 395. The summed E-state index contributed by atoms with van der Waals surface area (Å²) < 4.78 is 0. The van der Waals surface area contributed by atoms with Crippen LogP contribution in [-0.2, 0) is 9.59 Å². The summed E-state index contributed by atoms with van der Waals surface area (Å²) >= 11 is 0. The lowest BCUT2D eigenvalue weighted by Gasteiger charge is -1.99. The summed E-state index contributed by atoms with van der Waals surface area (Å²) in [5, 5.41) is 10.7. The minimum Gasteiger partial charge on any atom is -0.480 e. The molecule has 28 heavy (non-hydrogen) atoms. The monoisotopic (exact) mass is 396 g/mol. The molecule has 0 radical (unpaired) electrons. The molecule has 0 fully saturated rings. The fraction of sp³-hybridized carbons (Fsp3) is 0.739. The summed E-state index contributed by atoms with van der Waals surface area (Å²) in [6.45, 7) is 6.22. The number of unbranched alkanes of at least 4 members (excludes halogenated alkanes) is 11. The van der Waals surface area contributed by atoms with Gasteiger partial charge in [-0.1, -0.05) is 76.5 Å². The maximum Gasteiger partial charge on any atom is 0.317 e. The second-order valence-corrected chi connectivity index (χ2v) is 7.11. The van der Waals surface area contributed by atoms with Crippen molar-refractivity contribution < 1.29 is 14.7 Å². The molecule has 0 atom stereocenters. The third kappa shape index (κ3) is 32.1. The second kappa shape index (κ2) is 25.4. The first-order valence-electron chi connectivity index (χ1n) is 11.0. The molecule has 164 valence electrons. The number of carbonyl (C=O) groups is 2. The Morgan fingerprint density at radius 2 is 1.39 bits per heavy atom. The lowest BCUT2D eigenvalue weighted by atomic mass is 10.1. The number of hydrogen-bond donors (Lipinski definition) is 3. The molecule has 0 aliphatic heterocycles. The molecule has 4 N–H and O–H groups in total. The molecular weight excluding hydrogens is 352 g/mol. The van der Waals surface area contributed by atoms with Gasteiger partial charge in [0.1, 0.15) is 0 Å². The third-order valence-electron chi connectivity index (χ3n) is 4.25. The van der Waals surface area contributed by atoms with E-state index in [4.69, 9.17) is 10.8 Å². The van der Waals surface area contributed by atoms with Gasteiger partial charge in [-0.2, -0.15) is 0 Å². The Morgan fingerprint density at radius 1 is 0.893 bits per heavy atom. The SMILES string of the molecule is C=CCNCC(=O)O.CCCCCCCC/C=C\CCCCCCCC(N)=O. The van der Waals surface area contributed by atoms with Gasteiger partial charge >= 0.3 is 5.97 Å². The first kappa shape index (κ1) is 28.6. The zero-order chi connectivity index (χ0) is 21.3. The van der Waals surface area contributed by atoms with Crippen molar-refractivity contribution in [3.63, 3.8) is 0 Å². The molecule has 0 saturated carbocycles. The number of amides is 1. The van der Waals surface area contributed by atoms with Crippen molar-refractivity contribution in [1.82, 2.24) is 5.32 Å². The highest BCUT2D eigenvalue weighted by atomic mass is 16.4. The summed E-state index contributed by atoms with van der Waals surface area (Å²) in [7, 11) is 0. The predicted octanol–water partition coefficient (Wildman–Crippen LogP) is 5.36. The van der Waals surface area contributed by atoms with E-state index in [0.29, 0.717) is 13.0 Å². The van der Waals surface area contributed by atoms with Crippen LogP contribution in [0.3, 0.4) is 0 Å². The molecule has 0 rings (SSSR count). The van der Waals surface area contributed by atoms with Crippen LogP contribution < -0.4 is 11.1 Å². The number of primary amides is 1. The molecule has 0 aromatic rings. The lowest BCUT2D eigenvalue weighted by molar-refractivity contribution is -0.135. The van der Waals surface area contributed by atoms with E-state index in [-0.39, 0.29) is 12.5 Å². The van der Waals surface area contributed by atoms with Crippen molar-refractivity contribution in [2.24, 2.45) is 5.73 Å². The summed E-state index contributed by atoms with van der Waals surface area (Å²) in [6, 6.07) is 0. The fourth-order valence-corrected chi connectivity index (χ4v) is 2.65. The molecule has 5 nitrogen and oxygen atoms in total. The Hall–Kier alpha value is -1.62. The van der Waals surface area contributed by atoms with Crippen LogP contribution in [0, 0.1) is 0 Å². The number of nitrogens with two attached hydrogens (primary N) is 1. The Labute approximate surface area is 172 Å². The van der Waals surface area contributed by atoms with Crippen LogP contribution in [0.5, 0.6) is 0 Å². The van der Waals surface area contributed by atoms with E-state index in [9.17, 15) is 9.59 Å². The first-order chi connectivity index (χ1) is 13.5. The Balaban J connectivity index is 0. The summed E-state index contributed by atoms with van der Waals surface area (Å²) in [4.78, 5) is 20.3. The summed E-state index contributed by atoms with van der Waals surface area (Å²) in [5.41, 5.74) is 5.10. The highest BCUT2D eigenvalue weighted by molar-refractivity contribution is 5.73. The van der Waals surface area contributed by atoms with Crippen LogP contribution in [0.25, 0.3) is 0 Å². The molecule has 0 bridgehead atoms. The normalized spacial score (nSPS) is 10.5. The largest absolute Gasteiger partial charge is 0.480 e. The van der Waals surface area contributed by atoms with Gasteiger partial charge in [-0.25, -0.2) is 0 Å². The molecule has 0 unspecified atom stereocenters. The topological polar surface area (TPSA) is 92.4 Å². The summed E-state index contributed by atoms with van der Waals surface area (Å²) in [5.74, 6) is -1.01. The molecular formula is C23H44N2O3. The molecule has 0 saturated heterocycles. The van der Waals surface area contributed by atoms with Gasteiger partial charge in [0.15, 0.2) is 0 Å². The van der Waals surface area contributed by atoms with Crippen molar-refractivity contribution in [3.05, 3.63) is 24.8 Å². The van der Waals surface area contributed by atoms with E-state index in [0.717, 1.165) is 12.8 Å². The van der Waals surface area contributed by atoms with E-state index >= 15 is 0 Å². The lowest BCUT2D eigenvalue weighted by Crippen LogP contribution is -2.21. The van der Waals surface area contributed by atoms with Crippen molar-refractivity contribution in [1.29, 1.82) is 0 Å². The van der Waals surface area contributed by atoms with E-state index in [1.807, 2.05) is 0 Å². The molecule has 5 heteroatoms. The van der Waals surface area contributed by atoms with Gasteiger partial charge in [0.05, 0.1) is 6.54 Å². The van der Waals surface area contributed by atoms with Crippen molar-refractivity contribution in [3.8, 4) is 0 Å². The van der Waals surface area contributed by atoms with Crippen LogP contribution >= 0.6 is 0 Å². The molecule has 0 aliphatic carbocycles. The number of carboxylic acid groups (broad SMARTS) is 1. The fourth-order valence-electron chi connectivity index (χ4n) is 2.65. The van der Waals surface area contributed by atoms with Crippen molar-refractivity contribution in [2.45, 2.75) is 96.8 Å². The minimum absolute atomic E-state index is 0.00597. The van der Waals surface area contributed by atoms with Crippen LogP contribution in [0.15, 0.2) is 24.8 Å². The smallest absolute Gasteiger partial charge is 0.317 e. The van der Waals surface area contributed by atoms with E-state index in [1.165, 1.54) is 70.6 Å². The highest BCUT2D eigenvalue weighted by Gasteiger charge is 1.94. The van der Waals surface area contributed by atoms with Gasteiger partial charge in [0, 0.05) is 13.0 Å². The third-order valence-corrected chi connectivity index (χ3v) is 4.25. The second-order valence-electron chi connectivity index (χ2n) is 7.11. The Kier molecular flexibility index (Phi) is 25.9. The molecule has 0 spiro atoms. The zero-order valence-corrected chi connectivity index (χ0v) is 18.1. The molecule has 1 amide bonds. The Morgan fingerprint density at radius 3 is 1.86 bits per heavy atom. The van der Waals surface area contributed by atoms with E-state index < -0.39 is 5.97 Å². The van der Waals surface area contributed by atoms with E-state index in [2.05, 4.69) is 31.0 Å². The van der Waals surface area contributed by atoms with Crippen molar-refractivity contribution >= 4 is 11.9 Å². The average molecular weight is 397 g/mol. The summed E-state index contributed by atoms with van der Waals surface area (Å²) in [6.07, 6.45) is 23.5. The first-order valence-corrected chi connectivity index (χ1v) is 11.0. The number of hydrogen-bond acceptors (Lipinski definition) is 3. The van der Waals surface area contributed by atoms with Gasteiger partial charge < -0.3 is 16.2 Å². The average Bonchev–Trinajstić information content (AvgIpc) is 2.65. The maximum atomic E-state index is 10.5. The number of nitrogens with one attached hydrogen (secondary N) is 1. The van der Waals surface area contributed by atoms with Crippen LogP contribution in [-0.4, -0.2) is 30.1 Å². The number of aliphatic carboxylic acids is 1. The maximum absolute atomic E-state index is 10.5. The number of allylic oxidation sites excluding steroid dienone is 2. The van der Waals surface area contributed by atoms with E-state index in [1.54, 1.807) is 6.08 Å². The van der Waals surface area contributed by atoms with Crippen molar-refractivity contribution in [2.75, 3.05) is 13.1 Å².